The van der Waals surface area contributed by atoms with E-state index in [0.29, 0.717) is 48.6 Å². The molecule has 0 fully saturated rings. The number of hydrogen-bond donors (Lipinski definition) is 2. The SMILES string of the molecule is C.CCC1(O)C(=O)N(Cc2ccccc2Cl)c2ccc(Cl)cc21.O=C1N(Cc2ccccc2Cl)c2ccc(Br)cc2C1(O)C[N+](=O)[O-]. The van der Waals surface area contributed by atoms with E-state index < -0.39 is 28.6 Å². The normalized spacial score (nSPS) is 19.5. The number of carbonyl (C=O) groups excluding carboxylic acids is 2. The minimum atomic E-state index is -2.19. The molecule has 2 aliphatic rings. The molecule has 0 aliphatic carbocycles. The fourth-order valence-electron chi connectivity index (χ4n) is 5.63. The Balaban J connectivity index is 0.000000209. The smallest absolute Gasteiger partial charge is 0.271 e. The van der Waals surface area contributed by atoms with Gasteiger partial charge >= 0.3 is 0 Å². The number of aliphatic hydroxyl groups is 2. The number of hydrogen-bond acceptors (Lipinski definition) is 6. The lowest BCUT2D eigenvalue weighted by Gasteiger charge is -2.22. The topological polar surface area (TPSA) is 124 Å². The van der Waals surface area contributed by atoms with E-state index in [1.54, 1.807) is 72.5 Å². The zero-order valence-corrected chi connectivity index (χ0v) is 28.1. The third kappa shape index (κ3) is 6.90. The van der Waals surface area contributed by atoms with Crippen LogP contribution in [-0.4, -0.2) is 33.5 Å². The fraction of sp³-hybridized carbons (Fsp3) is 0.235. The van der Waals surface area contributed by atoms with Crippen LogP contribution in [0.25, 0.3) is 0 Å². The van der Waals surface area contributed by atoms with E-state index in [9.17, 15) is 29.9 Å². The van der Waals surface area contributed by atoms with Crippen molar-refractivity contribution in [3.8, 4) is 0 Å². The molecule has 2 N–H and O–H groups in total. The fourth-order valence-corrected chi connectivity index (χ4v) is 6.56. The van der Waals surface area contributed by atoms with Crippen LogP contribution in [0.4, 0.5) is 11.4 Å². The minimum absolute atomic E-state index is 0. The van der Waals surface area contributed by atoms with Gasteiger partial charge < -0.3 is 20.0 Å². The van der Waals surface area contributed by atoms with Crippen molar-refractivity contribution in [2.24, 2.45) is 0 Å². The summed E-state index contributed by atoms with van der Waals surface area (Å²) in [6.07, 6.45) is 0.290. The van der Waals surface area contributed by atoms with Crippen molar-refractivity contribution in [1.29, 1.82) is 0 Å². The van der Waals surface area contributed by atoms with Gasteiger partial charge in [0, 0.05) is 35.6 Å². The lowest BCUT2D eigenvalue weighted by Crippen LogP contribution is -2.44. The Kier molecular flexibility index (Phi) is 11.1. The number of fused-ring (bicyclic) bond motifs is 2. The van der Waals surface area contributed by atoms with E-state index in [0.717, 1.165) is 5.56 Å². The second-order valence-electron chi connectivity index (χ2n) is 10.9. The zero-order chi connectivity index (χ0) is 33.4. The van der Waals surface area contributed by atoms with Crippen molar-refractivity contribution in [2.45, 2.75) is 45.1 Å². The largest absolute Gasteiger partial charge is 0.375 e. The van der Waals surface area contributed by atoms with Gasteiger partial charge in [0.15, 0.2) is 5.60 Å². The number of nitro groups is 1. The van der Waals surface area contributed by atoms with Crippen LogP contribution in [0.1, 0.15) is 43.0 Å². The van der Waals surface area contributed by atoms with Crippen molar-refractivity contribution >= 4 is 73.9 Å². The van der Waals surface area contributed by atoms with Crippen LogP contribution >= 0.6 is 50.7 Å². The number of benzene rings is 4. The molecule has 2 heterocycles. The van der Waals surface area contributed by atoms with Crippen LogP contribution < -0.4 is 9.80 Å². The van der Waals surface area contributed by atoms with E-state index in [4.69, 9.17) is 34.8 Å². The molecule has 246 valence electrons. The number of halogens is 4. The molecular formula is C34H31BrCl3N3O6. The molecule has 0 aromatic heterocycles. The number of rotatable bonds is 7. The van der Waals surface area contributed by atoms with Crippen LogP contribution in [0, 0.1) is 10.1 Å². The van der Waals surface area contributed by atoms with Crippen molar-refractivity contribution in [3.63, 3.8) is 0 Å². The second kappa shape index (κ2) is 14.3. The molecule has 2 unspecified atom stereocenters. The molecule has 2 amide bonds. The summed E-state index contributed by atoms with van der Waals surface area (Å²) in [5.74, 6) is -1.07. The van der Waals surface area contributed by atoms with Gasteiger partial charge in [-0.25, -0.2) is 0 Å². The first-order valence-corrected chi connectivity index (χ1v) is 16.0. The van der Waals surface area contributed by atoms with E-state index in [1.807, 2.05) is 18.2 Å². The molecule has 0 saturated heterocycles. The molecule has 4 aromatic rings. The summed E-state index contributed by atoms with van der Waals surface area (Å²) in [4.78, 5) is 38.7. The molecule has 0 spiro atoms. The first-order valence-electron chi connectivity index (χ1n) is 14.1. The average Bonchev–Trinajstić information content (AvgIpc) is 3.34. The van der Waals surface area contributed by atoms with E-state index in [1.165, 1.54) is 11.0 Å². The van der Waals surface area contributed by atoms with Gasteiger partial charge in [0.25, 0.3) is 11.8 Å². The summed E-state index contributed by atoms with van der Waals surface area (Å²) >= 11 is 21.6. The highest BCUT2D eigenvalue weighted by Crippen LogP contribution is 2.45. The number of anilines is 2. The lowest BCUT2D eigenvalue weighted by molar-refractivity contribution is -0.498. The van der Waals surface area contributed by atoms with Crippen LogP contribution in [0.3, 0.4) is 0 Å². The summed E-state index contributed by atoms with van der Waals surface area (Å²) in [7, 11) is 0. The van der Waals surface area contributed by atoms with Crippen molar-refractivity contribution in [1.82, 2.24) is 0 Å². The highest BCUT2D eigenvalue weighted by Gasteiger charge is 2.54. The third-order valence-electron chi connectivity index (χ3n) is 8.03. The molecule has 0 saturated carbocycles. The molecule has 9 nitrogen and oxygen atoms in total. The molecule has 2 aliphatic heterocycles. The van der Waals surface area contributed by atoms with Crippen molar-refractivity contribution in [3.05, 3.63) is 137 Å². The predicted molar refractivity (Wildman–Crippen MR) is 188 cm³/mol. The van der Waals surface area contributed by atoms with Crippen molar-refractivity contribution < 1.29 is 24.7 Å². The third-order valence-corrected chi connectivity index (χ3v) is 9.50. The first kappa shape index (κ1) is 36.3. The zero-order valence-electron chi connectivity index (χ0n) is 24.3. The summed E-state index contributed by atoms with van der Waals surface area (Å²) in [5, 5.41) is 34.1. The van der Waals surface area contributed by atoms with Crippen LogP contribution in [0.5, 0.6) is 0 Å². The highest BCUT2D eigenvalue weighted by molar-refractivity contribution is 9.10. The van der Waals surface area contributed by atoms with Gasteiger partial charge in [-0.15, -0.1) is 0 Å². The van der Waals surface area contributed by atoms with Gasteiger partial charge in [0.2, 0.25) is 12.1 Å². The molecule has 4 aromatic carbocycles. The summed E-state index contributed by atoms with van der Waals surface area (Å²) in [6.45, 7) is 1.32. The summed E-state index contributed by atoms with van der Waals surface area (Å²) < 4.78 is 0.621. The van der Waals surface area contributed by atoms with Crippen LogP contribution in [-0.2, 0) is 33.9 Å². The molecule has 47 heavy (non-hydrogen) atoms. The average molecular weight is 764 g/mol. The van der Waals surface area contributed by atoms with E-state index in [-0.39, 0.29) is 31.9 Å². The number of nitrogens with zero attached hydrogens (tertiary/aromatic N) is 3. The van der Waals surface area contributed by atoms with Gasteiger partial charge in [-0.3, -0.25) is 19.7 Å². The maximum atomic E-state index is 12.8. The first-order chi connectivity index (χ1) is 21.8. The molecule has 2 atom stereocenters. The highest BCUT2D eigenvalue weighted by atomic mass is 79.9. The Hall–Kier alpha value is -3.51. The summed E-state index contributed by atoms with van der Waals surface area (Å²) in [5.41, 5.74) is -0.312. The molecule has 13 heteroatoms. The van der Waals surface area contributed by atoms with Gasteiger partial charge in [-0.1, -0.05) is 101 Å². The van der Waals surface area contributed by atoms with E-state index >= 15 is 0 Å². The van der Waals surface area contributed by atoms with Gasteiger partial charge in [0.1, 0.15) is 0 Å². The Bertz CT molecular complexity index is 1860. The maximum absolute atomic E-state index is 12.8. The lowest BCUT2D eigenvalue weighted by atomic mass is 9.93. The molecule has 6 rings (SSSR count). The molecule has 0 radical (unpaired) electrons. The van der Waals surface area contributed by atoms with Crippen LogP contribution in [0.2, 0.25) is 15.1 Å². The Labute approximate surface area is 295 Å². The summed E-state index contributed by atoms with van der Waals surface area (Å²) in [6, 6.07) is 24.4. The predicted octanol–water partition coefficient (Wildman–Crippen LogP) is 7.89. The molecular weight excluding hydrogens is 733 g/mol. The number of amides is 2. The second-order valence-corrected chi connectivity index (χ2v) is 13.0. The maximum Gasteiger partial charge on any atom is 0.271 e. The van der Waals surface area contributed by atoms with Gasteiger partial charge in [0.05, 0.1) is 24.5 Å². The Morgan fingerprint density at radius 3 is 1.72 bits per heavy atom. The number of carbonyl (C=O) groups is 2. The monoisotopic (exact) mass is 761 g/mol. The molecule has 0 bridgehead atoms. The van der Waals surface area contributed by atoms with E-state index in [2.05, 4.69) is 15.9 Å². The Morgan fingerprint density at radius 2 is 1.23 bits per heavy atom. The Morgan fingerprint density at radius 1 is 0.766 bits per heavy atom. The van der Waals surface area contributed by atoms with Gasteiger partial charge in [-0.05, 0) is 66.1 Å². The minimum Gasteiger partial charge on any atom is -0.375 e. The van der Waals surface area contributed by atoms with Crippen LogP contribution in [0.15, 0.2) is 89.4 Å². The quantitative estimate of drug-likeness (QED) is 0.146. The van der Waals surface area contributed by atoms with Crippen molar-refractivity contribution in [2.75, 3.05) is 16.3 Å². The van der Waals surface area contributed by atoms with Gasteiger partial charge in [-0.2, -0.15) is 0 Å². The standard InChI is InChI=1S/C17H15Cl2NO2.C16H12BrClN2O4.CH4/c1-2-17(22)13-9-12(18)7-8-15(13)20(16(17)21)10-11-5-3-4-6-14(11)19;17-11-5-6-14-12(7-11)16(22,9-20(23)24)15(21)19(14)8-10-3-1-2-4-13(10)18;/h3-9,22H,2,10H2,1H3;1-7,22H,8-9H2;1H4.